The first-order valence-corrected chi connectivity index (χ1v) is 9.02. The molecule has 1 aliphatic rings. The van der Waals surface area contributed by atoms with Crippen LogP contribution in [0.1, 0.15) is 34.7 Å². The van der Waals surface area contributed by atoms with Crippen molar-refractivity contribution in [3.8, 4) is 0 Å². The molecule has 0 spiro atoms. The third-order valence-corrected chi connectivity index (χ3v) is 4.93. The predicted octanol–water partition coefficient (Wildman–Crippen LogP) is 3.23. The van der Waals surface area contributed by atoms with Crippen LogP contribution in [-0.2, 0) is 4.79 Å². The zero-order valence-corrected chi connectivity index (χ0v) is 15.6. The molecule has 3 rings (SSSR count). The van der Waals surface area contributed by atoms with Gasteiger partial charge in [-0.15, -0.1) is 0 Å². The lowest BCUT2D eigenvalue weighted by molar-refractivity contribution is -0.113. The van der Waals surface area contributed by atoms with Gasteiger partial charge >= 0.3 is 0 Å². The molecule has 0 heterocycles. The summed E-state index contributed by atoms with van der Waals surface area (Å²) < 4.78 is 40.7. The van der Waals surface area contributed by atoms with E-state index in [9.17, 15) is 22.8 Å². The van der Waals surface area contributed by atoms with Crippen LogP contribution in [0.4, 0.5) is 18.9 Å². The predicted molar refractivity (Wildman–Crippen MR) is 103 cm³/mol. The van der Waals surface area contributed by atoms with E-state index in [1.54, 1.807) is 30.3 Å². The summed E-state index contributed by atoms with van der Waals surface area (Å²) in [4.78, 5) is 24.3. The van der Waals surface area contributed by atoms with Crippen LogP contribution in [0.3, 0.4) is 0 Å². The Hall–Kier alpha value is -3.13. The summed E-state index contributed by atoms with van der Waals surface area (Å²) in [6.45, 7) is 0. The summed E-state index contributed by atoms with van der Waals surface area (Å²) in [5.74, 6) is -4.51. The third kappa shape index (κ3) is 4.48. The van der Waals surface area contributed by atoms with Crippen LogP contribution in [0, 0.1) is 17.5 Å². The molecule has 0 radical (unpaired) electrons. The number of hydrogen-bond donors (Lipinski definition) is 3. The average molecular weight is 403 g/mol. The van der Waals surface area contributed by atoms with E-state index in [1.165, 1.54) is 7.05 Å². The van der Waals surface area contributed by atoms with E-state index in [0.717, 1.165) is 6.07 Å². The van der Waals surface area contributed by atoms with E-state index < -0.39 is 35.3 Å². The molecular weight excluding hydrogens is 383 g/mol. The fourth-order valence-electron chi connectivity index (χ4n) is 3.38. The average Bonchev–Trinajstić information content (AvgIpc) is 2.70. The Bertz CT molecular complexity index is 991. The van der Waals surface area contributed by atoms with Gasteiger partial charge in [0.2, 0.25) is 0 Å². The molecule has 0 aliphatic heterocycles. The van der Waals surface area contributed by atoms with E-state index in [-0.39, 0.29) is 24.3 Å². The van der Waals surface area contributed by atoms with Gasteiger partial charge in [-0.3, -0.25) is 9.59 Å². The highest BCUT2D eigenvalue weighted by molar-refractivity contribution is 6.04. The van der Waals surface area contributed by atoms with Crippen LogP contribution in [0.25, 0.3) is 0 Å². The summed E-state index contributed by atoms with van der Waals surface area (Å²) in [6.07, 6.45) is 1.97. The highest BCUT2D eigenvalue weighted by Gasteiger charge is 2.29. The van der Waals surface area contributed by atoms with E-state index in [1.807, 2.05) is 0 Å². The van der Waals surface area contributed by atoms with E-state index >= 15 is 0 Å². The van der Waals surface area contributed by atoms with E-state index in [2.05, 4.69) is 10.6 Å². The molecular formula is C21H20F3N3O2. The summed E-state index contributed by atoms with van der Waals surface area (Å²) in [6, 6.07) is 7.12. The second-order valence-electron chi connectivity index (χ2n) is 6.84. The molecule has 29 heavy (non-hydrogen) atoms. The normalized spacial score (nSPS) is 18.7. The number of allylic oxidation sites excluding steroid dienone is 1. The highest BCUT2D eigenvalue weighted by atomic mass is 19.2. The van der Waals surface area contributed by atoms with Crippen LogP contribution >= 0.6 is 0 Å². The van der Waals surface area contributed by atoms with Crippen molar-refractivity contribution in [1.29, 1.82) is 0 Å². The molecule has 2 aromatic carbocycles. The number of carbonyl (C=O) groups excluding carboxylic acids is 2. The largest absolute Gasteiger partial charge is 0.355 e. The molecule has 5 nitrogen and oxygen atoms in total. The van der Waals surface area contributed by atoms with Crippen molar-refractivity contribution in [2.75, 3.05) is 12.4 Å². The minimum absolute atomic E-state index is 0.00890. The second kappa shape index (κ2) is 8.48. The van der Waals surface area contributed by atoms with Gasteiger partial charge in [-0.2, -0.15) is 0 Å². The summed E-state index contributed by atoms with van der Waals surface area (Å²) in [5, 5.41) is 5.21. The molecule has 2 atom stereocenters. The second-order valence-corrected chi connectivity index (χ2v) is 6.84. The van der Waals surface area contributed by atoms with Crippen LogP contribution in [0.2, 0.25) is 0 Å². The smallest absolute Gasteiger partial charge is 0.251 e. The van der Waals surface area contributed by atoms with Gasteiger partial charge in [0, 0.05) is 41.9 Å². The lowest BCUT2D eigenvalue weighted by Crippen LogP contribution is -2.34. The maximum Gasteiger partial charge on any atom is 0.251 e. The first kappa shape index (κ1) is 20.6. The monoisotopic (exact) mass is 403 g/mol. The van der Waals surface area contributed by atoms with Crippen molar-refractivity contribution in [1.82, 2.24) is 5.32 Å². The quantitative estimate of drug-likeness (QED) is 0.686. The summed E-state index contributed by atoms with van der Waals surface area (Å²) in [5.41, 5.74) is 7.35. The van der Waals surface area contributed by atoms with Crippen molar-refractivity contribution in [2.24, 2.45) is 5.73 Å². The highest BCUT2D eigenvalue weighted by Crippen LogP contribution is 2.34. The van der Waals surface area contributed by atoms with Gasteiger partial charge in [0.1, 0.15) is 5.82 Å². The maximum absolute atomic E-state index is 14.1. The number of hydrogen-bond acceptors (Lipinski definition) is 3. The Kier molecular flexibility index (Phi) is 6.03. The van der Waals surface area contributed by atoms with Crippen LogP contribution in [0.5, 0.6) is 0 Å². The molecule has 0 fully saturated rings. The minimum Gasteiger partial charge on any atom is -0.355 e. The molecule has 152 valence electrons. The van der Waals surface area contributed by atoms with Crippen LogP contribution in [-0.4, -0.2) is 24.9 Å². The number of amides is 2. The molecule has 2 aromatic rings. The molecule has 4 N–H and O–H groups in total. The van der Waals surface area contributed by atoms with Gasteiger partial charge in [-0.1, -0.05) is 12.1 Å². The molecule has 0 unspecified atom stereocenters. The van der Waals surface area contributed by atoms with Gasteiger partial charge in [-0.25, -0.2) is 13.2 Å². The van der Waals surface area contributed by atoms with Crippen molar-refractivity contribution >= 4 is 17.5 Å². The number of nitrogens with one attached hydrogen (secondary N) is 2. The zero-order chi connectivity index (χ0) is 21.1. The molecule has 1 aliphatic carbocycles. The molecule has 0 aromatic heterocycles. The van der Waals surface area contributed by atoms with E-state index in [0.29, 0.717) is 22.9 Å². The standard InChI is InChI=1S/C21H20F3N3O2/c1-26-20(28)11-3-2-4-13(7-11)27-21(29)12-5-6-14(19(25)8-12)15-9-17(23)18(24)10-16(15)22/h2-5,7,9-10,14,19H,6,8,25H2,1H3,(H,26,28)(H,27,29)/t14-,19+/m0/s1. The molecule has 0 saturated heterocycles. The summed E-state index contributed by atoms with van der Waals surface area (Å²) >= 11 is 0. The molecule has 0 saturated carbocycles. The first-order valence-electron chi connectivity index (χ1n) is 9.02. The lowest BCUT2D eigenvalue weighted by Gasteiger charge is -2.29. The minimum atomic E-state index is -1.26. The topological polar surface area (TPSA) is 84.2 Å². The fraction of sp³-hybridized carbons (Fsp3) is 0.238. The number of carbonyl (C=O) groups is 2. The van der Waals surface area contributed by atoms with E-state index in [4.69, 9.17) is 5.73 Å². The Labute approximate surface area is 165 Å². The first-order chi connectivity index (χ1) is 13.8. The Morgan fingerprint density at radius 1 is 1.03 bits per heavy atom. The Morgan fingerprint density at radius 2 is 1.76 bits per heavy atom. The summed E-state index contributed by atoms with van der Waals surface area (Å²) in [7, 11) is 1.51. The number of benzene rings is 2. The number of nitrogens with two attached hydrogens (primary N) is 1. The van der Waals surface area contributed by atoms with Crippen molar-refractivity contribution in [3.05, 3.63) is 76.6 Å². The van der Waals surface area contributed by atoms with Gasteiger partial charge in [0.05, 0.1) is 0 Å². The number of rotatable bonds is 4. The van der Waals surface area contributed by atoms with Gasteiger partial charge in [-0.05, 0) is 42.7 Å². The number of anilines is 1. The SMILES string of the molecule is CNC(=O)c1cccc(NC(=O)C2=CC[C@@H](c3cc(F)c(F)cc3F)[C@H](N)C2)c1. The van der Waals surface area contributed by atoms with Crippen LogP contribution in [0.15, 0.2) is 48.0 Å². The maximum atomic E-state index is 14.1. The Morgan fingerprint density at radius 3 is 2.45 bits per heavy atom. The van der Waals surface area contributed by atoms with Crippen molar-refractivity contribution < 1.29 is 22.8 Å². The third-order valence-electron chi connectivity index (χ3n) is 4.93. The Balaban J connectivity index is 1.74. The number of halogens is 3. The van der Waals surface area contributed by atoms with Crippen molar-refractivity contribution in [2.45, 2.75) is 24.8 Å². The fourth-order valence-corrected chi connectivity index (χ4v) is 3.38. The molecule has 8 heteroatoms. The van der Waals surface area contributed by atoms with Gasteiger partial charge < -0.3 is 16.4 Å². The molecule has 2 amide bonds. The zero-order valence-electron chi connectivity index (χ0n) is 15.6. The van der Waals surface area contributed by atoms with Crippen molar-refractivity contribution in [3.63, 3.8) is 0 Å². The van der Waals surface area contributed by atoms with Crippen LogP contribution < -0.4 is 16.4 Å². The lowest BCUT2D eigenvalue weighted by atomic mass is 9.80. The van der Waals surface area contributed by atoms with Gasteiger partial charge in [0.25, 0.3) is 11.8 Å². The molecule has 0 bridgehead atoms. The van der Waals surface area contributed by atoms with Gasteiger partial charge in [0.15, 0.2) is 11.6 Å².